The van der Waals surface area contributed by atoms with Crippen molar-refractivity contribution < 1.29 is 29.0 Å². The number of carbonyl (C=O) groups is 3. The minimum absolute atomic E-state index is 0.109. The monoisotopic (exact) mass is 629 g/mol. The molecule has 4 aromatic carbocycles. The van der Waals surface area contributed by atoms with Gasteiger partial charge in [0.1, 0.15) is 11.4 Å². The Kier molecular flexibility index (Phi) is 11.0. The second kappa shape index (κ2) is 15.1. The standard InChI is InChI=1S/C35H36ClN3O6/c1-35(2,3)45-34(43)37-23-24-9-7-12-29(21-24)44-31-22-27(36)16-19-30(31)39(20-8-13-32(40)41)33(42)38-28-17-14-26(15-18-28)25-10-5-4-6-11-25/h4-7,9-12,14-19,21-22H,8,13,20,23H2,1-3H3,(H,37,43)(H,38,42)(H,40,41). The number of hydrogen-bond acceptors (Lipinski definition) is 5. The van der Waals surface area contributed by atoms with Gasteiger partial charge in [-0.15, -0.1) is 0 Å². The maximum Gasteiger partial charge on any atom is 0.407 e. The summed E-state index contributed by atoms with van der Waals surface area (Å²) in [5, 5.41) is 15.3. The van der Waals surface area contributed by atoms with Crippen molar-refractivity contribution in [3.8, 4) is 22.6 Å². The molecular weight excluding hydrogens is 594 g/mol. The number of aliphatic carboxylic acids is 1. The normalized spacial score (nSPS) is 10.9. The highest BCUT2D eigenvalue weighted by molar-refractivity contribution is 6.30. The van der Waals surface area contributed by atoms with Crippen molar-refractivity contribution in [3.63, 3.8) is 0 Å². The molecule has 0 aliphatic rings. The summed E-state index contributed by atoms with van der Waals surface area (Å²) in [6, 6.07) is 28.9. The molecule has 3 amide bonds. The van der Waals surface area contributed by atoms with E-state index in [0.717, 1.165) is 16.7 Å². The molecule has 9 nitrogen and oxygen atoms in total. The van der Waals surface area contributed by atoms with E-state index in [9.17, 15) is 19.5 Å². The van der Waals surface area contributed by atoms with Crippen molar-refractivity contribution in [1.29, 1.82) is 0 Å². The SMILES string of the molecule is CC(C)(C)OC(=O)NCc1cccc(Oc2cc(Cl)ccc2N(CCCC(=O)O)C(=O)Nc2ccc(-c3ccccc3)cc2)c1. The molecule has 0 bridgehead atoms. The van der Waals surface area contributed by atoms with Crippen molar-refractivity contribution >= 4 is 41.1 Å². The van der Waals surface area contributed by atoms with Gasteiger partial charge in [0.15, 0.2) is 5.75 Å². The van der Waals surface area contributed by atoms with Gasteiger partial charge < -0.3 is 25.2 Å². The predicted molar refractivity (Wildman–Crippen MR) is 176 cm³/mol. The average molecular weight is 630 g/mol. The first-order chi connectivity index (χ1) is 21.5. The van der Waals surface area contributed by atoms with Crippen LogP contribution in [0.25, 0.3) is 11.1 Å². The molecule has 0 fully saturated rings. The number of nitrogens with one attached hydrogen (secondary N) is 2. The molecule has 0 aromatic heterocycles. The van der Waals surface area contributed by atoms with Gasteiger partial charge in [0.25, 0.3) is 0 Å². The fourth-order valence-corrected chi connectivity index (χ4v) is 4.58. The summed E-state index contributed by atoms with van der Waals surface area (Å²) in [7, 11) is 0. The molecule has 45 heavy (non-hydrogen) atoms. The second-order valence-electron chi connectivity index (χ2n) is 11.2. The molecule has 0 aliphatic heterocycles. The van der Waals surface area contributed by atoms with E-state index in [1.54, 1.807) is 57.2 Å². The molecule has 0 saturated heterocycles. The average Bonchev–Trinajstić information content (AvgIpc) is 2.99. The van der Waals surface area contributed by atoms with Crippen LogP contribution in [0.3, 0.4) is 0 Å². The summed E-state index contributed by atoms with van der Waals surface area (Å²) in [6.45, 7) is 5.68. The van der Waals surface area contributed by atoms with Crippen molar-refractivity contribution in [2.45, 2.75) is 45.8 Å². The summed E-state index contributed by atoms with van der Waals surface area (Å²) < 4.78 is 11.5. The lowest BCUT2D eigenvalue weighted by atomic mass is 10.1. The maximum absolute atomic E-state index is 13.7. The Morgan fingerprint density at radius 3 is 2.27 bits per heavy atom. The van der Waals surface area contributed by atoms with Crippen molar-refractivity contribution in [3.05, 3.63) is 108 Å². The van der Waals surface area contributed by atoms with Crippen LogP contribution in [0, 0.1) is 0 Å². The number of hydrogen-bond donors (Lipinski definition) is 3. The third-order valence-corrected chi connectivity index (χ3v) is 6.67. The topological polar surface area (TPSA) is 117 Å². The Bertz CT molecular complexity index is 1620. The van der Waals surface area contributed by atoms with Crippen LogP contribution in [-0.4, -0.2) is 35.3 Å². The van der Waals surface area contributed by atoms with Gasteiger partial charge in [-0.05, 0) is 80.3 Å². The van der Waals surface area contributed by atoms with Crippen LogP contribution in [0.5, 0.6) is 11.5 Å². The first-order valence-corrected chi connectivity index (χ1v) is 14.8. The molecule has 0 atom stereocenters. The Hall–Kier alpha value is -5.02. The highest BCUT2D eigenvalue weighted by Crippen LogP contribution is 2.36. The number of alkyl carbamates (subject to hydrolysis) is 1. The van der Waals surface area contributed by atoms with Gasteiger partial charge in [0.05, 0.1) is 5.69 Å². The maximum atomic E-state index is 13.7. The number of benzene rings is 4. The lowest BCUT2D eigenvalue weighted by molar-refractivity contribution is -0.137. The van der Waals surface area contributed by atoms with Crippen molar-refractivity contribution in [1.82, 2.24) is 5.32 Å². The fraction of sp³-hybridized carbons (Fsp3) is 0.229. The quantitative estimate of drug-likeness (QED) is 0.153. The van der Waals surface area contributed by atoms with E-state index in [2.05, 4.69) is 10.6 Å². The highest BCUT2D eigenvalue weighted by atomic mass is 35.5. The third-order valence-electron chi connectivity index (χ3n) is 6.44. The Labute approximate surface area is 267 Å². The minimum atomic E-state index is -0.962. The van der Waals surface area contributed by atoms with E-state index in [1.165, 1.54) is 4.90 Å². The Morgan fingerprint density at radius 1 is 0.867 bits per heavy atom. The van der Waals surface area contributed by atoms with Gasteiger partial charge in [-0.3, -0.25) is 9.69 Å². The first kappa shape index (κ1) is 32.9. The number of carbonyl (C=O) groups excluding carboxylic acids is 2. The highest BCUT2D eigenvalue weighted by Gasteiger charge is 2.22. The molecule has 4 aromatic rings. The van der Waals surface area contributed by atoms with Crippen molar-refractivity contribution in [2.75, 3.05) is 16.8 Å². The smallest absolute Gasteiger partial charge is 0.407 e. The molecule has 234 valence electrons. The van der Waals surface area contributed by atoms with E-state index in [0.29, 0.717) is 27.9 Å². The van der Waals surface area contributed by atoms with Crippen LogP contribution >= 0.6 is 11.6 Å². The molecule has 3 N–H and O–H groups in total. The number of anilines is 2. The van der Waals surface area contributed by atoms with Crippen LogP contribution in [0.15, 0.2) is 97.1 Å². The van der Waals surface area contributed by atoms with E-state index < -0.39 is 23.7 Å². The van der Waals surface area contributed by atoms with Gasteiger partial charge in [-0.2, -0.15) is 0 Å². The molecule has 10 heteroatoms. The zero-order valence-corrected chi connectivity index (χ0v) is 26.1. The van der Waals surface area contributed by atoms with Crippen molar-refractivity contribution in [2.24, 2.45) is 0 Å². The molecule has 4 rings (SSSR count). The zero-order chi connectivity index (χ0) is 32.4. The van der Waals surface area contributed by atoms with Gasteiger partial charge in [0, 0.05) is 36.3 Å². The molecule has 0 radical (unpaired) electrons. The number of amides is 3. The predicted octanol–water partition coefficient (Wildman–Crippen LogP) is 8.73. The summed E-state index contributed by atoms with van der Waals surface area (Å²) in [5.41, 5.74) is 3.18. The molecule has 0 aliphatic carbocycles. The van der Waals surface area contributed by atoms with Crippen LogP contribution in [0.2, 0.25) is 5.02 Å². The molecular formula is C35H36ClN3O6. The van der Waals surface area contributed by atoms with E-state index in [4.69, 9.17) is 21.1 Å². The largest absolute Gasteiger partial charge is 0.481 e. The zero-order valence-electron chi connectivity index (χ0n) is 25.4. The van der Waals surface area contributed by atoms with E-state index >= 15 is 0 Å². The van der Waals surface area contributed by atoms with Crippen LogP contribution in [-0.2, 0) is 16.1 Å². The number of halogens is 1. The van der Waals surface area contributed by atoms with Gasteiger partial charge in [-0.25, -0.2) is 9.59 Å². The van der Waals surface area contributed by atoms with Crippen LogP contribution in [0.1, 0.15) is 39.2 Å². The summed E-state index contributed by atoms with van der Waals surface area (Å²) in [6.07, 6.45) is -0.445. The fourth-order valence-electron chi connectivity index (χ4n) is 4.41. The number of carboxylic acid groups (broad SMARTS) is 1. The summed E-state index contributed by atoms with van der Waals surface area (Å²) in [4.78, 5) is 38.5. The lowest BCUT2D eigenvalue weighted by Gasteiger charge is -2.25. The minimum Gasteiger partial charge on any atom is -0.481 e. The summed E-state index contributed by atoms with van der Waals surface area (Å²) >= 11 is 6.34. The second-order valence-corrected chi connectivity index (χ2v) is 11.7. The van der Waals surface area contributed by atoms with Gasteiger partial charge >= 0.3 is 18.1 Å². The van der Waals surface area contributed by atoms with Gasteiger partial charge in [0.2, 0.25) is 0 Å². The third kappa shape index (κ3) is 10.3. The molecule has 0 spiro atoms. The number of rotatable bonds is 11. The van der Waals surface area contributed by atoms with Gasteiger partial charge in [-0.1, -0.05) is 66.2 Å². The van der Waals surface area contributed by atoms with Crippen LogP contribution in [0.4, 0.5) is 21.0 Å². The number of nitrogens with zero attached hydrogens (tertiary/aromatic N) is 1. The van der Waals surface area contributed by atoms with Crippen LogP contribution < -0.4 is 20.3 Å². The Morgan fingerprint density at radius 2 is 1.58 bits per heavy atom. The summed E-state index contributed by atoms with van der Waals surface area (Å²) in [5.74, 6) is -0.217. The number of urea groups is 1. The number of ether oxygens (including phenoxy) is 2. The molecule has 0 saturated carbocycles. The first-order valence-electron chi connectivity index (χ1n) is 14.5. The molecule has 0 heterocycles. The Balaban J connectivity index is 1.55. The van der Waals surface area contributed by atoms with E-state index in [1.807, 2.05) is 60.7 Å². The molecule has 0 unspecified atom stereocenters. The number of carboxylic acids is 1. The lowest BCUT2D eigenvalue weighted by Crippen LogP contribution is -2.36. The van der Waals surface area contributed by atoms with E-state index in [-0.39, 0.29) is 25.9 Å².